The molecule has 3 saturated heterocycles. The quantitative estimate of drug-likeness (QED) is 0.359. The summed E-state index contributed by atoms with van der Waals surface area (Å²) >= 11 is 0. The summed E-state index contributed by atoms with van der Waals surface area (Å²) in [5.41, 5.74) is 1.62. The minimum atomic E-state index is 0. The third-order valence-corrected chi connectivity index (χ3v) is 6.58. The molecule has 1 aromatic rings. The summed E-state index contributed by atoms with van der Waals surface area (Å²) in [6.07, 6.45) is 2.36. The third-order valence-electron chi connectivity index (χ3n) is 6.58. The van der Waals surface area contributed by atoms with Crippen molar-refractivity contribution in [3.8, 4) is 5.75 Å². The molecule has 168 valence electrons. The number of hydrogen-bond donors (Lipinski definition) is 1. The van der Waals surface area contributed by atoms with Crippen molar-refractivity contribution < 1.29 is 14.2 Å². The van der Waals surface area contributed by atoms with Gasteiger partial charge >= 0.3 is 0 Å². The van der Waals surface area contributed by atoms with Gasteiger partial charge in [0.1, 0.15) is 5.75 Å². The zero-order chi connectivity index (χ0) is 20.1. The Hall–Kier alpha value is -1.10. The molecule has 0 bridgehead atoms. The number of ether oxygens (including phenoxy) is 3. The Bertz CT molecular complexity index is 688. The number of nitrogens with one attached hydrogen (secondary N) is 1. The Morgan fingerprint density at radius 2 is 1.90 bits per heavy atom. The maximum atomic E-state index is 5.68. The van der Waals surface area contributed by atoms with Crippen LogP contribution in [-0.2, 0) is 9.47 Å². The highest BCUT2D eigenvalue weighted by atomic mass is 127. The van der Waals surface area contributed by atoms with Crippen molar-refractivity contribution >= 4 is 29.9 Å². The van der Waals surface area contributed by atoms with Crippen LogP contribution in [0.2, 0.25) is 0 Å². The Kier molecular flexibility index (Phi) is 8.62. The molecule has 2 atom stereocenters. The number of nitrogens with zero attached hydrogens (tertiary/aromatic N) is 3. The van der Waals surface area contributed by atoms with Crippen molar-refractivity contribution in [2.45, 2.75) is 18.9 Å². The van der Waals surface area contributed by atoms with Crippen LogP contribution in [0.15, 0.2) is 29.3 Å². The van der Waals surface area contributed by atoms with Crippen molar-refractivity contribution in [1.29, 1.82) is 0 Å². The normalized spacial score (nSPS) is 25.9. The lowest BCUT2D eigenvalue weighted by Gasteiger charge is -2.36. The van der Waals surface area contributed by atoms with Crippen LogP contribution < -0.4 is 10.1 Å². The molecule has 1 aromatic carbocycles. The van der Waals surface area contributed by atoms with E-state index in [9.17, 15) is 0 Å². The van der Waals surface area contributed by atoms with E-state index < -0.39 is 0 Å². The highest BCUT2D eigenvalue weighted by Crippen LogP contribution is 2.38. The first-order chi connectivity index (χ1) is 14.2. The summed E-state index contributed by atoms with van der Waals surface area (Å²) in [5, 5.41) is 3.66. The molecule has 2 unspecified atom stereocenters. The fourth-order valence-corrected chi connectivity index (χ4v) is 4.78. The van der Waals surface area contributed by atoms with Crippen molar-refractivity contribution in [2.24, 2.45) is 10.4 Å². The van der Waals surface area contributed by atoms with E-state index in [0.717, 1.165) is 70.9 Å². The van der Waals surface area contributed by atoms with Crippen molar-refractivity contribution in [2.75, 3.05) is 73.3 Å². The molecule has 0 radical (unpaired) electrons. The standard InChI is InChI=1S/C22H34N4O3.HI/c1-23-21(26-9-7-22(16-26)8-12-29-17-22)24-15-20(25-10-13-28-14-11-25)18-3-5-19(27-2)6-4-18;/h3-6,20H,7-17H2,1-2H3,(H,23,24);1H. The van der Waals surface area contributed by atoms with E-state index in [-0.39, 0.29) is 30.0 Å². The summed E-state index contributed by atoms with van der Waals surface area (Å²) in [6.45, 7) is 8.16. The van der Waals surface area contributed by atoms with Crippen LogP contribution in [0.1, 0.15) is 24.4 Å². The number of halogens is 1. The number of likely N-dealkylation sites (tertiary alicyclic amines) is 1. The second-order valence-electron chi connectivity index (χ2n) is 8.34. The number of morpholine rings is 1. The SMILES string of the molecule is CN=C(NCC(c1ccc(OC)cc1)N1CCOCC1)N1CCC2(CCOC2)C1.I. The van der Waals surface area contributed by atoms with Gasteiger partial charge in [0.15, 0.2) is 5.96 Å². The molecule has 1 N–H and O–H groups in total. The second-order valence-corrected chi connectivity index (χ2v) is 8.34. The summed E-state index contributed by atoms with van der Waals surface area (Å²) in [6, 6.07) is 8.70. The fraction of sp³-hybridized carbons (Fsp3) is 0.682. The van der Waals surface area contributed by atoms with Crippen LogP contribution in [0.5, 0.6) is 5.75 Å². The molecule has 4 rings (SSSR count). The molecule has 0 saturated carbocycles. The first-order valence-electron chi connectivity index (χ1n) is 10.7. The zero-order valence-corrected chi connectivity index (χ0v) is 20.5. The van der Waals surface area contributed by atoms with Gasteiger partial charge in [-0.15, -0.1) is 24.0 Å². The molecule has 0 aromatic heterocycles. The highest BCUT2D eigenvalue weighted by Gasteiger charge is 2.42. The number of benzene rings is 1. The maximum absolute atomic E-state index is 5.68. The van der Waals surface area contributed by atoms with Gasteiger partial charge in [0.25, 0.3) is 0 Å². The highest BCUT2D eigenvalue weighted by molar-refractivity contribution is 14.0. The van der Waals surface area contributed by atoms with Gasteiger partial charge in [-0.05, 0) is 30.5 Å². The Morgan fingerprint density at radius 1 is 1.13 bits per heavy atom. The van der Waals surface area contributed by atoms with Gasteiger partial charge in [-0.1, -0.05) is 12.1 Å². The lowest BCUT2D eigenvalue weighted by Crippen LogP contribution is -2.47. The maximum Gasteiger partial charge on any atom is 0.193 e. The lowest BCUT2D eigenvalue weighted by atomic mass is 9.87. The average Bonchev–Trinajstić information content (AvgIpc) is 3.42. The topological polar surface area (TPSA) is 58.6 Å². The fourth-order valence-electron chi connectivity index (χ4n) is 4.78. The molecule has 1 spiro atoms. The molecule has 3 fully saturated rings. The monoisotopic (exact) mass is 530 g/mol. The molecular weight excluding hydrogens is 495 g/mol. The first-order valence-corrected chi connectivity index (χ1v) is 10.7. The Labute approximate surface area is 197 Å². The molecule has 3 aliphatic rings. The summed E-state index contributed by atoms with van der Waals surface area (Å²) in [7, 11) is 3.59. The van der Waals surface area contributed by atoms with Gasteiger partial charge in [0.2, 0.25) is 0 Å². The summed E-state index contributed by atoms with van der Waals surface area (Å²) in [5.74, 6) is 1.89. The van der Waals surface area contributed by atoms with Crippen LogP contribution in [-0.4, -0.2) is 89.1 Å². The molecular formula is C22H35IN4O3. The van der Waals surface area contributed by atoms with E-state index in [1.165, 1.54) is 18.4 Å². The number of rotatable bonds is 5. The van der Waals surface area contributed by atoms with Gasteiger partial charge in [0.05, 0.1) is 33.0 Å². The van der Waals surface area contributed by atoms with E-state index in [1.54, 1.807) is 7.11 Å². The predicted molar refractivity (Wildman–Crippen MR) is 129 cm³/mol. The van der Waals surface area contributed by atoms with Gasteiger partial charge < -0.3 is 24.4 Å². The number of aliphatic imine (C=N–C) groups is 1. The first kappa shape index (κ1) is 23.6. The van der Waals surface area contributed by atoms with Gasteiger partial charge in [-0.25, -0.2) is 0 Å². The smallest absolute Gasteiger partial charge is 0.193 e. The molecule has 3 aliphatic heterocycles. The number of methoxy groups -OCH3 is 1. The number of guanidine groups is 1. The second kappa shape index (κ2) is 11.0. The van der Waals surface area contributed by atoms with Crippen molar-refractivity contribution in [3.63, 3.8) is 0 Å². The Morgan fingerprint density at radius 3 is 2.53 bits per heavy atom. The molecule has 3 heterocycles. The minimum absolute atomic E-state index is 0. The largest absolute Gasteiger partial charge is 0.497 e. The minimum Gasteiger partial charge on any atom is -0.497 e. The lowest BCUT2D eigenvalue weighted by molar-refractivity contribution is 0.0169. The predicted octanol–water partition coefficient (Wildman–Crippen LogP) is 2.37. The zero-order valence-electron chi connectivity index (χ0n) is 18.1. The van der Waals surface area contributed by atoms with Crippen LogP contribution in [0.4, 0.5) is 0 Å². The number of hydrogen-bond acceptors (Lipinski definition) is 5. The van der Waals surface area contributed by atoms with E-state index in [0.29, 0.717) is 5.41 Å². The Balaban J connectivity index is 0.00000256. The van der Waals surface area contributed by atoms with Crippen molar-refractivity contribution in [3.05, 3.63) is 29.8 Å². The molecule has 8 heteroatoms. The van der Waals surface area contributed by atoms with Crippen LogP contribution >= 0.6 is 24.0 Å². The van der Waals surface area contributed by atoms with E-state index in [2.05, 4.69) is 32.2 Å². The van der Waals surface area contributed by atoms with Crippen LogP contribution in [0.3, 0.4) is 0 Å². The van der Waals surface area contributed by atoms with Gasteiger partial charge in [-0.3, -0.25) is 9.89 Å². The molecule has 0 amide bonds. The van der Waals surface area contributed by atoms with E-state index in [1.807, 2.05) is 19.2 Å². The molecule has 0 aliphatic carbocycles. The van der Waals surface area contributed by atoms with E-state index in [4.69, 9.17) is 14.2 Å². The van der Waals surface area contributed by atoms with Crippen LogP contribution in [0.25, 0.3) is 0 Å². The van der Waals surface area contributed by atoms with Crippen LogP contribution in [0, 0.1) is 5.41 Å². The third kappa shape index (κ3) is 5.38. The van der Waals surface area contributed by atoms with E-state index >= 15 is 0 Å². The average molecular weight is 530 g/mol. The van der Waals surface area contributed by atoms with Gasteiger partial charge in [-0.2, -0.15) is 0 Å². The van der Waals surface area contributed by atoms with Gasteiger partial charge in [0, 0.05) is 51.8 Å². The van der Waals surface area contributed by atoms with Crippen molar-refractivity contribution in [1.82, 2.24) is 15.1 Å². The molecule has 7 nitrogen and oxygen atoms in total. The summed E-state index contributed by atoms with van der Waals surface area (Å²) in [4.78, 5) is 9.49. The summed E-state index contributed by atoms with van der Waals surface area (Å²) < 4.78 is 16.6. The molecule has 30 heavy (non-hydrogen) atoms.